The summed E-state index contributed by atoms with van der Waals surface area (Å²) in [6, 6.07) is 9.75. The van der Waals surface area contributed by atoms with Crippen LogP contribution in [0.25, 0.3) is 5.69 Å². The van der Waals surface area contributed by atoms with Crippen LogP contribution in [-0.2, 0) is 10.1 Å². The smallest absolute Gasteiger partial charge is 0.358 e. The Morgan fingerprint density at radius 3 is 2.72 bits per heavy atom. The highest BCUT2D eigenvalue weighted by Gasteiger charge is 2.18. The number of esters is 1. The lowest BCUT2D eigenvalue weighted by molar-refractivity contribution is 0.0519. The third-order valence-electron chi connectivity index (χ3n) is 2.50. The molecule has 1 aromatic carbocycles. The highest BCUT2D eigenvalue weighted by atomic mass is 79.9. The number of ether oxygens (including phenoxy) is 1. The fourth-order valence-corrected chi connectivity index (χ4v) is 2.22. The predicted molar refractivity (Wildman–Crippen MR) is 72.2 cm³/mol. The van der Waals surface area contributed by atoms with E-state index < -0.39 is 0 Å². The molecule has 0 saturated carbocycles. The van der Waals surface area contributed by atoms with Crippen molar-refractivity contribution in [2.75, 3.05) is 6.61 Å². The van der Waals surface area contributed by atoms with Gasteiger partial charge in [0.15, 0.2) is 5.69 Å². The van der Waals surface area contributed by atoms with Crippen molar-refractivity contribution in [3.63, 3.8) is 0 Å². The van der Waals surface area contributed by atoms with Crippen LogP contribution >= 0.6 is 15.9 Å². The lowest BCUT2D eigenvalue weighted by Gasteiger charge is -2.07. The molecule has 4 nitrogen and oxygen atoms in total. The van der Waals surface area contributed by atoms with E-state index in [4.69, 9.17) is 4.74 Å². The van der Waals surface area contributed by atoms with Crippen LogP contribution in [0.15, 0.2) is 36.7 Å². The molecule has 0 saturated heterocycles. The number of carbonyl (C=O) groups excluding carboxylic acids is 1. The summed E-state index contributed by atoms with van der Waals surface area (Å²) in [5.74, 6) is -0.387. The molecule has 0 atom stereocenters. The fraction of sp³-hybridized carbons (Fsp3) is 0.231. The van der Waals surface area contributed by atoms with Gasteiger partial charge in [-0.15, -0.1) is 0 Å². The number of hydrogen-bond donors (Lipinski definition) is 0. The number of benzene rings is 1. The molecule has 0 aliphatic rings. The maximum atomic E-state index is 11.8. The van der Waals surface area contributed by atoms with Gasteiger partial charge in [0, 0.05) is 11.0 Å². The minimum absolute atomic E-state index is 0.346. The van der Waals surface area contributed by atoms with Gasteiger partial charge in [-0.05, 0) is 19.1 Å². The fourth-order valence-electron chi connectivity index (χ4n) is 1.68. The predicted octanol–water partition coefficient (Wildman–Crippen LogP) is 2.94. The SMILES string of the molecule is CCOC(=O)c1ncn(-c2ccccc2)c1CBr. The molecule has 0 spiro atoms. The highest BCUT2D eigenvalue weighted by Crippen LogP contribution is 2.18. The third kappa shape index (κ3) is 2.46. The van der Waals surface area contributed by atoms with Gasteiger partial charge in [-0.1, -0.05) is 34.1 Å². The van der Waals surface area contributed by atoms with Gasteiger partial charge in [-0.25, -0.2) is 9.78 Å². The average molecular weight is 309 g/mol. The minimum atomic E-state index is -0.387. The highest BCUT2D eigenvalue weighted by molar-refractivity contribution is 9.08. The molecule has 0 aliphatic heterocycles. The first kappa shape index (κ1) is 12.8. The van der Waals surface area contributed by atoms with Gasteiger partial charge in [0.2, 0.25) is 0 Å². The van der Waals surface area contributed by atoms with E-state index in [1.165, 1.54) is 0 Å². The molecule has 0 amide bonds. The second kappa shape index (κ2) is 5.82. The Kier molecular flexibility index (Phi) is 4.15. The van der Waals surface area contributed by atoms with Gasteiger partial charge in [0.05, 0.1) is 12.3 Å². The summed E-state index contributed by atoms with van der Waals surface area (Å²) in [5, 5.41) is 0.538. The number of imidazole rings is 1. The Bertz CT molecular complexity index is 537. The van der Waals surface area contributed by atoms with Crippen LogP contribution in [0.2, 0.25) is 0 Å². The molecule has 18 heavy (non-hydrogen) atoms. The number of nitrogens with zero attached hydrogens (tertiary/aromatic N) is 2. The molecule has 1 aromatic heterocycles. The van der Waals surface area contributed by atoms with Crippen molar-refractivity contribution < 1.29 is 9.53 Å². The number of alkyl halides is 1. The maximum absolute atomic E-state index is 11.8. The third-order valence-corrected chi connectivity index (χ3v) is 3.03. The van der Waals surface area contributed by atoms with Crippen molar-refractivity contribution >= 4 is 21.9 Å². The Hall–Kier alpha value is -1.62. The quantitative estimate of drug-likeness (QED) is 0.644. The van der Waals surface area contributed by atoms with Crippen molar-refractivity contribution in [2.45, 2.75) is 12.3 Å². The van der Waals surface area contributed by atoms with Gasteiger partial charge in [-0.3, -0.25) is 0 Å². The average Bonchev–Trinajstić information content (AvgIpc) is 2.83. The van der Waals surface area contributed by atoms with Gasteiger partial charge < -0.3 is 9.30 Å². The summed E-state index contributed by atoms with van der Waals surface area (Å²) >= 11 is 3.39. The van der Waals surface area contributed by atoms with Crippen LogP contribution < -0.4 is 0 Å². The first-order valence-corrected chi connectivity index (χ1v) is 6.74. The zero-order valence-electron chi connectivity index (χ0n) is 9.97. The standard InChI is InChI=1S/C13H13BrN2O2/c1-2-18-13(17)12-11(8-14)16(9-15-12)10-6-4-3-5-7-10/h3-7,9H,2,8H2,1H3. The van der Waals surface area contributed by atoms with Gasteiger partial charge in [-0.2, -0.15) is 0 Å². The number of rotatable bonds is 4. The summed E-state index contributed by atoms with van der Waals surface area (Å²) in [4.78, 5) is 15.9. The number of carbonyl (C=O) groups is 1. The summed E-state index contributed by atoms with van der Waals surface area (Å²) < 4.78 is 6.86. The largest absolute Gasteiger partial charge is 0.461 e. The number of para-hydroxylation sites is 1. The number of aromatic nitrogens is 2. The molecule has 5 heteroatoms. The van der Waals surface area contributed by atoms with E-state index in [0.717, 1.165) is 11.4 Å². The zero-order valence-corrected chi connectivity index (χ0v) is 11.6. The van der Waals surface area contributed by atoms with Crippen molar-refractivity contribution in [3.8, 4) is 5.69 Å². The van der Waals surface area contributed by atoms with Crippen LogP contribution in [0, 0.1) is 0 Å². The summed E-state index contributed by atoms with van der Waals surface area (Å²) in [6.45, 7) is 2.12. The van der Waals surface area contributed by atoms with Crippen LogP contribution in [0.5, 0.6) is 0 Å². The first-order chi connectivity index (χ1) is 8.77. The van der Waals surface area contributed by atoms with Gasteiger partial charge in [0.25, 0.3) is 0 Å². The van der Waals surface area contributed by atoms with E-state index in [2.05, 4.69) is 20.9 Å². The molecule has 0 aliphatic carbocycles. The minimum Gasteiger partial charge on any atom is -0.461 e. The normalized spacial score (nSPS) is 10.3. The van der Waals surface area contributed by atoms with E-state index >= 15 is 0 Å². The van der Waals surface area contributed by atoms with Crippen LogP contribution in [0.3, 0.4) is 0 Å². The number of halogens is 1. The second-order valence-electron chi connectivity index (χ2n) is 3.60. The Labute approximate surface area is 114 Å². The molecule has 2 rings (SSSR count). The van der Waals surface area contributed by atoms with E-state index in [1.807, 2.05) is 34.9 Å². The summed E-state index contributed by atoms with van der Waals surface area (Å²) in [6.07, 6.45) is 1.64. The Balaban J connectivity index is 2.42. The number of hydrogen-bond acceptors (Lipinski definition) is 3. The van der Waals surface area contributed by atoms with Crippen LogP contribution in [0.1, 0.15) is 23.1 Å². The lowest BCUT2D eigenvalue weighted by atomic mass is 10.3. The van der Waals surface area contributed by atoms with Gasteiger partial charge >= 0.3 is 5.97 Å². The van der Waals surface area contributed by atoms with Gasteiger partial charge in [0.1, 0.15) is 6.33 Å². The summed E-state index contributed by atoms with van der Waals surface area (Å²) in [5.41, 5.74) is 2.12. The maximum Gasteiger partial charge on any atom is 0.358 e. The second-order valence-corrected chi connectivity index (χ2v) is 4.16. The lowest BCUT2D eigenvalue weighted by Crippen LogP contribution is -2.09. The monoisotopic (exact) mass is 308 g/mol. The molecule has 94 valence electrons. The Morgan fingerprint density at radius 2 is 2.11 bits per heavy atom. The molecule has 0 unspecified atom stereocenters. The van der Waals surface area contributed by atoms with Crippen molar-refractivity contribution in [1.29, 1.82) is 0 Å². The molecule has 2 aromatic rings. The van der Waals surface area contributed by atoms with Crippen LogP contribution in [0.4, 0.5) is 0 Å². The van der Waals surface area contributed by atoms with E-state index in [1.54, 1.807) is 13.3 Å². The molecular weight excluding hydrogens is 296 g/mol. The summed E-state index contributed by atoms with van der Waals surface area (Å²) in [7, 11) is 0. The van der Waals surface area contributed by atoms with E-state index in [-0.39, 0.29) is 5.97 Å². The zero-order chi connectivity index (χ0) is 13.0. The molecule has 0 bridgehead atoms. The Morgan fingerprint density at radius 1 is 1.39 bits per heavy atom. The first-order valence-electron chi connectivity index (χ1n) is 5.62. The molecule has 1 heterocycles. The van der Waals surface area contributed by atoms with Crippen LogP contribution in [-0.4, -0.2) is 22.1 Å². The van der Waals surface area contributed by atoms with E-state index in [9.17, 15) is 4.79 Å². The topological polar surface area (TPSA) is 44.1 Å². The molecule has 0 fully saturated rings. The molecular formula is C13H13BrN2O2. The molecule has 0 N–H and O–H groups in total. The van der Waals surface area contributed by atoms with Crippen molar-refractivity contribution in [1.82, 2.24) is 9.55 Å². The van der Waals surface area contributed by atoms with Crippen molar-refractivity contribution in [2.24, 2.45) is 0 Å². The van der Waals surface area contributed by atoms with Crippen molar-refractivity contribution in [3.05, 3.63) is 48.0 Å². The molecule has 0 radical (unpaired) electrons. The van der Waals surface area contributed by atoms with E-state index in [0.29, 0.717) is 17.6 Å².